The smallest absolute Gasteiger partial charge is 0.233 e. The first-order chi connectivity index (χ1) is 10.5. The number of rotatable bonds is 6. The minimum Gasteiger partial charge on any atom is -0.396 e. The van der Waals surface area contributed by atoms with Crippen molar-refractivity contribution in [3.63, 3.8) is 0 Å². The average molecular weight is 329 g/mol. The van der Waals surface area contributed by atoms with E-state index in [1.807, 2.05) is 6.92 Å². The van der Waals surface area contributed by atoms with Crippen molar-refractivity contribution in [2.75, 3.05) is 31.2 Å². The van der Waals surface area contributed by atoms with Gasteiger partial charge in [-0.3, -0.25) is 4.79 Å². The first-order valence-corrected chi connectivity index (χ1v) is 8.36. The van der Waals surface area contributed by atoms with Crippen LogP contribution in [0, 0.1) is 5.41 Å². The van der Waals surface area contributed by atoms with Crippen molar-refractivity contribution in [2.45, 2.75) is 37.4 Å². The van der Waals surface area contributed by atoms with Crippen LogP contribution in [0.5, 0.6) is 0 Å². The van der Waals surface area contributed by atoms with Crippen LogP contribution in [0.15, 0.2) is 5.16 Å². The number of hydrogen-bond donors (Lipinski definition) is 4. The number of nitrogens with zero attached hydrogens (tertiary/aromatic N) is 3. The number of aliphatic hydroxyl groups is 2. The summed E-state index contributed by atoms with van der Waals surface area (Å²) < 4.78 is 0. The van der Waals surface area contributed by atoms with Gasteiger partial charge in [-0.25, -0.2) is 5.10 Å². The number of likely N-dealkylation sites (tertiary alicyclic amines) is 1. The van der Waals surface area contributed by atoms with Crippen LogP contribution in [0.2, 0.25) is 0 Å². The SMILES string of the molecule is CCC[C@]1(CO)CN(C(=O)CSc2n[nH]c(N)n2)CC[C@@H]1O. The fraction of sp³-hybridized carbons (Fsp3) is 0.769. The van der Waals surface area contributed by atoms with E-state index < -0.39 is 11.5 Å². The maximum atomic E-state index is 12.3. The standard InChI is InChI=1S/C13H23N5O3S/c1-2-4-13(8-19)7-18(5-3-9(13)20)10(21)6-22-12-15-11(14)16-17-12/h9,19-20H,2-8H2,1H3,(H3,14,15,16,17)/t9-,13+/m0/s1. The molecule has 1 aromatic heterocycles. The summed E-state index contributed by atoms with van der Waals surface area (Å²) in [6, 6.07) is 0. The summed E-state index contributed by atoms with van der Waals surface area (Å²) in [5.74, 6) is 0.383. The molecule has 1 amide bonds. The Labute approximate surface area is 133 Å². The lowest BCUT2D eigenvalue weighted by molar-refractivity contribution is -0.139. The fourth-order valence-corrected chi connectivity index (χ4v) is 3.59. The second-order valence-electron chi connectivity index (χ2n) is 5.68. The number of nitrogen functional groups attached to an aromatic ring is 1. The molecule has 1 aliphatic heterocycles. The van der Waals surface area contributed by atoms with E-state index in [9.17, 15) is 15.0 Å². The van der Waals surface area contributed by atoms with E-state index in [2.05, 4.69) is 15.2 Å². The van der Waals surface area contributed by atoms with Crippen molar-refractivity contribution < 1.29 is 15.0 Å². The summed E-state index contributed by atoms with van der Waals surface area (Å²) >= 11 is 1.22. The van der Waals surface area contributed by atoms with Gasteiger partial charge in [0, 0.05) is 18.5 Å². The van der Waals surface area contributed by atoms with Crippen molar-refractivity contribution in [2.24, 2.45) is 5.41 Å². The largest absolute Gasteiger partial charge is 0.396 e. The van der Waals surface area contributed by atoms with E-state index in [-0.39, 0.29) is 24.2 Å². The molecule has 2 atom stereocenters. The summed E-state index contributed by atoms with van der Waals surface area (Å²) in [6.07, 6.45) is 1.47. The molecule has 0 bridgehead atoms. The molecule has 9 heteroatoms. The Morgan fingerprint density at radius 1 is 1.64 bits per heavy atom. The Morgan fingerprint density at radius 2 is 2.41 bits per heavy atom. The number of thioether (sulfide) groups is 1. The molecule has 1 fully saturated rings. The van der Waals surface area contributed by atoms with Crippen LogP contribution in [-0.4, -0.2) is 67.8 Å². The van der Waals surface area contributed by atoms with E-state index >= 15 is 0 Å². The van der Waals surface area contributed by atoms with E-state index in [1.165, 1.54) is 11.8 Å². The van der Waals surface area contributed by atoms with E-state index in [0.717, 1.165) is 6.42 Å². The minimum atomic E-state index is -0.609. The van der Waals surface area contributed by atoms with Gasteiger partial charge in [0.2, 0.25) is 17.0 Å². The molecular formula is C13H23N5O3S. The second kappa shape index (κ2) is 7.30. The summed E-state index contributed by atoms with van der Waals surface area (Å²) in [6.45, 7) is 2.78. The Bertz CT molecular complexity index is 512. The third-order valence-electron chi connectivity index (χ3n) is 4.11. The molecule has 8 nitrogen and oxygen atoms in total. The molecule has 2 rings (SSSR count). The number of anilines is 1. The Hall–Kier alpha value is -1.32. The van der Waals surface area contributed by atoms with Gasteiger partial charge in [-0.15, -0.1) is 5.10 Å². The third kappa shape index (κ3) is 3.71. The minimum absolute atomic E-state index is 0.0470. The number of aromatic amines is 1. The number of nitrogens with one attached hydrogen (secondary N) is 1. The van der Waals surface area contributed by atoms with Crippen LogP contribution in [-0.2, 0) is 4.79 Å². The molecule has 1 saturated heterocycles. The molecule has 22 heavy (non-hydrogen) atoms. The van der Waals surface area contributed by atoms with Crippen molar-refractivity contribution >= 4 is 23.6 Å². The van der Waals surface area contributed by atoms with Gasteiger partial charge < -0.3 is 20.8 Å². The van der Waals surface area contributed by atoms with Gasteiger partial charge in [-0.1, -0.05) is 25.1 Å². The van der Waals surface area contributed by atoms with Crippen LogP contribution in [0.4, 0.5) is 5.95 Å². The monoisotopic (exact) mass is 329 g/mol. The number of aromatic nitrogens is 3. The summed E-state index contributed by atoms with van der Waals surface area (Å²) in [5, 5.41) is 26.8. The molecule has 2 heterocycles. The molecule has 5 N–H and O–H groups in total. The predicted molar refractivity (Wildman–Crippen MR) is 83.1 cm³/mol. The quantitative estimate of drug-likeness (QED) is 0.534. The molecule has 124 valence electrons. The lowest BCUT2D eigenvalue weighted by Crippen LogP contribution is -2.55. The van der Waals surface area contributed by atoms with Gasteiger partial charge in [0.05, 0.1) is 18.5 Å². The second-order valence-corrected chi connectivity index (χ2v) is 6.62. The van der Waals surface area contributed by atoms with Gasteiger partial charge in [0.15, 0.2) is 0 Å². The van der Waals surface area contributed by atoms with Crippen LogP contribution < -0.4 is 5.73 Å². The maximum Gasteiger partial charge on any atom is 0.233 e. The van der Waals surface area contributed by atoms with Crippen molar-refractivity contribution in [3.8, 4) is 0 Å². The zero-order valence-corrected chi connectivity index (χ0v) is 13.5. The molecule has 1 aromatic rings. The highest BCUT2D eigenvalue weighted by molar-refractivity contribution is 7.99. The van der Waals surface area contributed by atoms with Crippen LogP contribution in [0.1, 0.15) is 26.2 Å². The predicted octanol–water partition coefficient (Wildman–Crippen LogP) is -0.149. The molecule has 0 radical (unpaired) electrons. The Balaban J connectivity index is 1.94. The van der Waals surface area contributed by atoms with Gasteiger partial charge >= 0.3 is 0 Å². The number of nitrogens with two attached hydrogens (primary N) is 1. The zero-order valence-electron chi connectivity index (χ0n) is 12.7. The molecule has 0 spiro atoms. The number of hydrogen-bond acceptors (Lipinski definition) is 7. The van der Waals surface area contributed by atoms with Crippen molar-refractivity contribution in [1.82, 2.24) is 20.1 Å². The Kier molecular flexibility index (Phi) is 5.65. The van der Waals surface area contributed by atoms with E-state index in [1.54, 1.807) is 4.90 Å². The summed E-state index contributed by atoms with van der Waals surface area (Å²) in [7, 11) is 0. The van der Waals surface area contributed by atoms with E-state index in [0.29, 0.717) is 31.1 Å². The molecule has 0 saturated carbocycles. The Morgan fingerprint density at radius 3 is 3.00 bits per heavy atom. The molecular weight excluding hydrogens is 306 g/mol. The highest BCUT2D eigenvalue weighted by Crippen LogP contribution is 2.35. The zero-order chi connectivity index (χ0) is 16.2. The van der Waals surface area contributed by atoms with Crippen LogP contribution in [0.25, 0.3) is 0 Å². The van der Waals surface area contributed by atoms with Crippen LogP contribution in [0.3, 0.4) is 0 Å². The van der Waals surface area contributed by atoms with E-state index in [4.69, 9.17) is 5.73 Å². The molecule has 1 aliphatic rings. The number of carbonyl (C=O) groups excluding carboxylic acids is 1. The number of H-pyrrole nitrogens is 1. The first-order valence-electron chi connectivity index (χ1n) is 7.38. The average Bonchev–Trinajstić information content (AvgIpc) is 2.93. The summed E-state index contributed by atoms with van der Waals surface area (Å²) in [4.78, 5) is 18.0. The molecule has 0 aromatic carbocycles. The van der Waals surface area contributed by atoms with Gasteiger partial charge in [0.25, 0.3) is 0 Å². The normalized spacial score (nSPS) is 25.4. The number of aliphatic hydroxyl groups excluding tert-OH is 2. The van der Waals surface area contributed by atoms with Gasteiger partial charge in [-0.2, -0.15) is 4.98 Å². The van der Waals surface area contributed by atoms with Gasteiger partial charge in [0.1, 0.15) is 0 Å². The first kappa shape index (κ1) is 17.0. The topological polar surface area (TPSA) is 128 Å². The highest BCUT2D eigenvalue weighted by atomic mass is 32.2. The maximum absolute atomic E-state index is 12.3. The highest BCUT2D eigenvalue weighted by Gasteiger charge is 2.42. The summed E-state index contributed by atoms with van der Waals surface area (Å²) in [5.41, 5.74) is 4.83. The molecule has 0 unspecified atom stereocenters. The van der Waals surface area contributed by atoms with Crippen molar-refractivity contribution in [3.05, 3.63) is 0 Å². The van der Waals surface area contributed by atoms with Gasteiger partial charge in [-0.05, 0) is 12.8 Å². The lowest BCUT2D eigenvalue weighted by Gasteiger charge is -2.45. The van der Waals surface area contributed by atoms with Crippen molar-refractivity contribution in [1.29, 1.82) is 0 Å². The lowest BCUT2D eigenvalue weighted by atomic mass is 9.74. The fourth-order valence-electron chi connectivity index (χ4n) is 2.88. The number of amides is 1. The number of carbonyl (C=O) groups is 1. The number of piperidine rings is 1. The van der Waals surface area contributed by atoms with Crippen LogP contribution >= 0.6 is 11.8 Å². The molecule has 0 aliphatic carbocycles. The third-order valence-corrected chi connectivity index (χ3v) is 4.94.